The minimum atomic E-state index is -0.371. The summed E-state index contributed by atoms with van der Waals surface area (Å²) in [6, 6.07) is 6.33. The van der Waals surface area contributed by atoms with Gasteiger partial charge in [0.2, 0.25) is 5.91 Å². The molecule has 152 valence electrons. The average Bonchev–Trinajstić information content (AvgIpc) is 2.97. The smallest absolute Gasteiger partial charge is 0.220 e. The zero-order chi connectivity index (χ0) is 20.1. The molecule has 4 atom stereocenters. The molecule has 4 rings (SSSR count). The first-order valence-electron chi connectivity index (χ1n) is 9.90. The quantitative estimate of drug-likeness (QED) is 0.686. The molecule has 28 heavy (non-hydrogen) atoms. The fraction of sp³-hybridized carbons (Fsp3) is 0.619. The van der Waals surface area contributed by atoms with Crippen LogP contribution in [0.3, 0.4) is 0 Å². The first kappa shape index (κ1) is 20.1. The standard InChI is InChI=1S/C21H28BrN3O2S/c1-20(2,3)10-18(26)24-13-5-7-17-15(9-13)21(11-28-19(23)25-21)14-8-12(22)4-6-16(14)27-17/h4,6,8,13,15,17H,5,7,9-11H2,1-3H3,(H2,23,25)(H,24,26). The summed E-state index contributed by atoms with van der Waals surface area (Å²) in [5.74, 6) is 2.08. The van der Waals surface area contributed by atoms with Crippen molar-refractivity contribution in [3.8, 4) is 5.75 Å². The topological polar surface area (TPSA) is 76.7 Å². The molecule has 1 aromatic carbocycles. The lowest BCUT2D eigenvalue weighted by atomic mass is 9.67. The second-order valence-electron chi connectivity index (χ2n) is 9.38. The first-order chi connectivity index (χ1) is 13.2. The maximum Gasteiger partial charge on any atom is 0.220 e. The monoisotopic (exact) mass is 465 g/mol. The van der Waals surface area contributed by atoms with E-state index in [9.17, 15) is 4.79 Å². The number of nitrogens with two attached hydrogens (primary N) is 1. The van der Waals surface area contributed by atoms with Crippen LogP contribution in [-0.2, 0) is 10.3 Å². The number of halogens is 1. The van der Waals surface area contributed by atoms with Crippen LogP contribution < -0.4 is 15.8 Å². The van der Waals surface area contributed by atoms with Crippen LogP contribution >= 0.6 is 27.7 Å². The number of nitrogens with zero attached hydrogens (tertiary/aromatic N) is 1. The van der Waals surface area contributed by atoms with Crippen LogP contribution in [0.5, 0.6) is 5.75 Å². The number of fused-ring (bicyclic) bond motifs is 4. The van der Waals surface area contributed by atoms with E-state index in [0.717, 1.165) is 40.8 Å². The number of ether oxygens (including phenoxy) is 1. The molecule has 0 radical (unpaired) electrons. The SMILES string of the molecule is CC(C)(C)CC(=O)NC1CCC2Oc3ccc(Br)cc3C3(CSC(N)=N3)C2C1. The zero-order valence-corrected chi connectivity index (χ0v) is 19.0. The fourth-order valence-electron chi connectivity index (χ4n) is 4.76. The molecule has 1 amide bonds. The van der Waals surface area contributed by atoms with Gasteiger partial charge >= 0.3 is 0 Å². The molecule has 5 nitrogen and oxygen atoms in total. The van der Waals surface area contributed by atoms with Gasteiger partial charge in [-0.05, 0) is 42.9 Å². The van der Waals surface area contributed by atoms with E-state index in [1.54, 1.807) is 11.8 Å². The summed E-state index contributed by atoms with van der Waals surface area (Å²) in [4.78, 5) is 17.5. The van der Waals surface area contributed by atoms with E-state index in [1.807, 2.05) is 12.1 Å². The number of thioether (sulfide) groups is 1. The Labute approximate surface area is 179 Å². The van der Waals surface area contributed by atoms with E-state index in [4.69, 9.17) is 15.5 Å². The molecule has 2 heterocycles. The number of amidine groups is 1. The maximum atomic E-state index is 12.5. The maximum absolute atomic E-state index is 12.5. The van der Waals surface area contributed by atoms with Crippen LogP contribution in [0.2, 0.25) is 0 Å². The van der Waals surface area contributed by atoms with Gasteiger partial charge in [0.25, 0.3) is 0 Å². The molecule has 0 bridgehead atoms. The second kappa shape index (κ2) is 7.24. The predicted octanol–water partition coefficient (Wildman–Crippen LogP) is 4.19. The summed E-state index contributed by atoms with van der Waals surface area (Å²) >= 11 is 5.22. The van der Waals surface area contributed by atoms with Crippen molar-refractivity contribution in [2.24, 2.45) is 22.1 Å². The summed E-state index contributed by atoms with van der Waals surface area (Å²) in [5.41, 5.74) is 6.86. The third-order valence-corrected chi connectivity index (χ3v) is 7.36. The Morgan fingerprint density at radius 3 is 2.89 bits per heavy atom. The molecule has 1 aliphatic carbocycles. The van der Waals surface area contributed by atoms with Crippen LogP contribution in [0.4, 0.5) is 0 Å². The van der Waals surface area contributed by atoms with Crippen molar-refractivity contribution in [2.45, 2.75) is 64.1 Å². The highest BCUT2D eigenvalue weighted by molar-refractivity contribution is 9.10. The van der Waals surface area contributed by atoms with Crippen molar-refractivity contribution in [1.82, 2.24) is 5.32 Å². The molecule has 7 heteroatoms. The molecule has 3 aliphatic rings. The molecule has 1 aromatic rings. The Hall–Kier alpha value is -1.21. The molecule has 4 unspecified atom stereocenters. The number of benzene rings is 1. The number of hydrogen-bond donors (Lipinski definition) is 2. The number of carbonyl (C=O) groups excluding carboxylic acids is 1. The minimum absolute atomic E-state index is 0.0114. The van der Waals surface area contributed by atoms with E-state index in [0.29, 0.717) is 11.6 Å². The lowest BCUT2D eigenvalue weighted by molar-refractivity contribution is -0.124. The number of aliphatic imine (C=N–C) groups is 1. The van der Waals surface area contributed by atoms with Crippen LogP contribution in [-0.4, -0.2) is 29.0 Å². The van der Waals surface area contributed by atoms with Crippen molar-refractivity contribution < 1.29 is 9.53 Å². The van der Waals surface area contributed by atoms with E-state index in [-0.39, 0.29) is 34.9 Å². The molecule has 1 saturated carbocycles. The van der Waals surface area contributed by atoms with Gasteiger partial charge in [0.1, 0.15) is 17.4 Å². The molecule has 1 spiro atoms. The summed E-state index contributed by atoms with van der Waals surface area (Å²) in [6.07, 6.45) is 3.37. The molecule has 1 fully saturated rings. The van der Waals surface area contributed by atoms with Gasteiger partial charge in [-0.15, -0.1) is 0 Å². The lowest BCUT2D eigenvalue weighted by Gasteiger charge is -2.48. The van der Waals surface area contributed by atoms with Gasteiger partial charge in [0.15, 0.2) is 5.17 Å². The Bertz CT molecular complexity index is 822. The Kier molecular flexibility index (Phi) is 5.19. The fourth-order valence-corrected chi connectivity index (χ4v) is 6.15. The van der Waals surface area contributed by atoms with E-state index in [1.165, 1.54) is 0 Å². The normalized spacial score (nSPS) is 31.6. The van der Waals surface area contributed by atoms with Gasteiger partial charge in [0.05, 0.1) is 0 Å². The summed E-state index contributed by atoms with van der Waals surface area (Å²) in [7, 11) is 0. The highest BCUT2D eigenvalue weighted by Gasteiger charge is 2.54. The van der Waals surface area contributed by atoms with Crippen LogP contribution in [0.1, 0.15) is 52.0 Å². The zero-order valence-electron chi connectivity index (χ0n) is 16.6. The van der Waals surface area contributed by atoms with Crippen LogP contribution in [0.25, 0.3) is 0 Å². The minimum Gasteiger partial charge on any atom is -0.490 e. The van der Waals surface area contributed by atoms with Gasteiger partial charge < -0.3 is 15.8 Å². The predicted molar refractivity (Wildman–Crippen MR) is 118 cm³/mol. The number of nitrogens with one attached hydrogen (secondary N) is 1. The lowest BCUT2D eigenvalue weighted by Crippen LogP contribution is -2.54. The Morgan fingerprint density at radius 2 is 2.21 bits per heavy atom. The molecule has 2 aliphatic heterocycles. The summed E-state index contributed by atoms with van der Waals surface area (Å²) in [5, 5.41) is 3.92. The second-order valence-corrected chi connectivity index (χ2v) is 11.3. The molecular weight excluding hydrogens is 438 g/mol. The highest BCUT2D eigenvalue weighted by Crippen LogP contribution is 2.54. The molecule has 0 aromatic heterocycles. The van der Waals surface area contributed by atoms with Gasteiger partial charge in [-0.2, -0.15) is 0 Å². The van der Waals surface area contributed by atoms with Crippen molar-refractivity contribution in [3.05, 3.63) is 28.2 Å². The Balaban J connectivity index is 1.61. The van der Waals surface area contributed by atoms with E-state index in [2.05, 4.69) is 48.1 Å². The third kappa shape index (κ3) is 3.80. The summed E-state index contributed by atoms with van der Waals surface area (Å²) in [6.45, 7) is 6.28. The number of amides is 1. The summed E-state index contributed by atoms with van der Waals surface area (Å²) < 4.78 is 7.41. The third-order valence-electron chi connectivity index (χ3n) is 5.89. The van der Waals surface area contributed by atoms with Gasteiger partial charge in [-0.3, -0.25) is 4.79 Å². The Morgan fingerprint density at radius 1 is 1.43 bits per heavy atom. The average molecular weight is 466 g/mol. The van der Waals surface area contributed by atoms with Crippen molar-refractivity contribution in [3.63, 3.8) is 0 Å². The number of carbonyl (C=O) groups is 1. The molecule has 0 saturated heterocycles. The molecule has 3 N–H and O–H groups in total. The van der Waals surface area contributed by atoms with E-state index < -0.39 is 0 Å². The van der Waals surface area contributed by atoms with Crippen LogP contribution in [0, 0.1) is 11.3 Å². The number of rotatable bonds is 2. The number of hydrogen-bond acceptors (Lipinski definition) is 5. The van der Waals surface area contributed by atoms with Crippen molar-refractivity contribution in [1.29, 1.82) is 0 Å². The van der Waals surface area contributed by atoms with Crippen LogP contribution in [0.15, 0.2) is 27.7 Å². The highest BCUT2D eigenvalue weighted by atomic mass is 79.9. The van der Waals surface area contributed by atoms with Crippen molar-refractivity contribution in [2.75, 3.05) is 5.75 Å². The first-order valence-corrected chi connectivity index (χ1v) is 11.7. The largest absolute Gasteiger partial charge is 0.490 e. The van der Waals surface area contributed by atoms with E-state index >= 15 is 0 Å². The molecular formula is C21H28BrN3O2S. The van der Waals surface area contributed by atoms with Gasteiger partial charge in [0, 0.05) is 34.2 Å². The van der Waals surface area contributed by atoms with Gasteiger partial charge in [-0.1, -0.05) is 48.5 Å². The van der Waals surface area contributed by atoms with Crippen molar-refractivity contribution >= 4 is 38.8 Å². The van der Waals surface area contributed by atoms with Gasteiger partial charge in [-0.25, -0.2) is 4.99 Å².